The van der Waals surface area contributed by atoms with E-state index in [0.717, 1.165) is 10.6 Å². The zero-order valence-electron chi connectivity index (χ0n) is 18.1. The minimum Gasteiger partial charge on any atom is -0.507 e. The Kier molecular flexibility index (Phi) is 5.71. The molecular weight excluding hydrogens is 428 g/mol. The van der Waals surface area contributed by atoms with Gasteiger partial charge in [0.05, 0.1) is 25.5 Å². The fraction of sp³-hybridized carbons (Fsp3) is 0.208. The summed E-state index contributed by atoms with van der Waals surface area (Å²) in [4.78, 5) is 33.2. The molecule has 2 aromatic carbocycles. The molecule has 1 saturated heterocycles. The van der Waals surface area contributed by atoms with Gasteiger partial charge in [-0.15, -0.1) is 11.3 Å². The molecule has 0 saturated carbocycles. The number of benzene rings is 2. The van der Waals surface area contributed by atoms with Gasteiger partial charge in [-0.1, -0.05) is 30.3 Å². The van der Waals surface area contributed by atoms with Crippen LogP contribution in [0.4, 0.5) is 5.13 Å². The predicted molar refractivity (Wildman–Crippen MR) is 122 cm³/mol. The Morgan fingerprint density at radius 1 is 1.06 bits per heavy atom. The Labute approximate surface area is 189 Å². The van der Waals surface area contributed by atoms with Crippen molar-refractivity contribution >= 4 is 33.9 Å². The van der Waals surface area contributed by atoms with Gasteiger partial charge in [0, 0.05) is 16.0 Å². The van der Waals surface area contributed by atoms with Crippen LogP contribution in [0.2, 0.25) is 0 Å². The first kappa shape index (κ1) is 21.6. The van der Waals surface area contributed by atoms with Crippen LogP contribution in [0.5, 0.6) is 11.5 Å². The number of hydrogen-bond donors (Lipinski definition) is 1. The van der Waals surface area contributed by atoms with Gasteiger partial charge in [0.1, 0.15) is 23.3 Å². The highest BCUT2D eigenvalue weighted by Gasteiger charge is 2.49. The number of carbonyl (C=O) groups excluding carboxylic acids is 2. The molecule has 1 aliphatic rings. The predicted octanol–water partition coefficient (Wildman–Crippen LogP) is 4.40. The van der Waals surface area contributed by atoms with E-state index in [4.69, 9.17) is 9.47 Å². The summed E-state index contributed by atoms with van der Waals surface area (Å²) < 4.78 is 10.9. The third-order valence-electron chi connectivity index (χ3n) is 5.45. The molecule has 1 aliphatic heterocycles. The van der Waals surface area contributed by atoms with Crippen molar-refractivity contribution in [3.8, 4) is 11.5 Å². The molecule has 32 heavy (non-hydrogen) atoms. The Morgan fingerprint density at radius 3 is 2.38 bits per heavy atom. The van der Waals surface area contributed by atoms with E-state index in [0.29, 0.717) is 27.8 Å². The molecule has 0 bridgehead atoms. The average Bonchev–Trinajstić information content (AvgIpc) is 3.28. The molecule has 1 aromatic heterocycles. The summed E-state index contributed by atoms with van der Waals surface area (Å²) in [6, 6.07) is 12.9. The number of nitrogens with zero attached hydrogens (tertiary/aromatic N) is 2. The maximum atomic E-state index is 13.2. The lowest BCUT2D eigenvalue weighted by atomic mass is 9.94. The number of aryl methyl sites for hydroxylation is 2. The Bertz CT molecular complexity index is 1210. The van der Waals surface area contributed by atoms with Crippen molar-refractivity contribution < 1.29 is 24.2 Å². The SMILES string of the molecule is COc1ccc(OC)c([C@H]2C(=C(O)c3ccccc3)C(=O)C(=O)N2c2nc(C)c(C)s2)c1. The van der Waals surface area contributed by atoms with E-state index in [9.17, 15) is 14.7 Å². The zero-order valence-corrected chi connectivity index (χ0v) is 18.9. The number of thiazole rings is 1. The Morgan fingerprint density at radius 2 is 1.78 bits per heavy atom. The van der Waals surface area contributed by atoms with E-state index < -0.39 is 17.7 Å². The van der Waals surface area contributed by atoms with Crippen molar-refractivity contribution in [2.45, 2.75) is 19.9 Å². The number of rotatable bonds is 5. The lowest BCUT2D eigenvalue weighted by Crippen LogP contribution is -2.29. The zero-order chi connectivity index (χ0) is 23.0. The molecule has 8 heteroatoms. The number of anilines is 1. The van der Waals surface area contributed by atoms with E-state index in [2.05, 4.69) is 4.98 Å². The second kappa shape index (κ2) is 8.47. The topological polar surface area (TPSA) is 89.0 Å². The van der Waals surface area contributed by atoms with Crippen molar-refractivity contribution in [1.82, 2.24) is 4.98 Å². The van der Waals surface area contributed by atoms with E-state index in [1.165, 1.54) is 30.5 Å². The lowest BCUT2D eigenvalue weighted by molar-refractivity contribution is -0.132. The van der Waals surface area contributed by atoms with Crippen molar-refractivity contribution in [2.75, 3.05) is 19.1 Å². The second-order valence-electron chi connectivity index (χ2n) is 7.28. The van der Waals surface area contributed by atoms with Gasteiger partial charge in [-0.2, -0.15) is 0 Å². The van der Waals surface area contributed by atoms with Gasteiger partial charge in [0.15, 0.2) is 5.13 Å². The number of aromatic nitrogens is 1. The number of aliphatic hydroxyl groups is 1. The van der Waals surface area contributed by atoms with E-state index >= 15 is 0 Å². The first-order valence-electron chi connectivity index (χ1n) is 9.89. The highest BCUT2D eigenvalue weighted by molar-refractivity contribution is 7.16. The molecule has 0 unspecified atom stereocenters. The van der Waals surface area contributed by atoms with Crippen LogP contribution in [0.1, 0.15) is 27.7 Å². The van der Waals surface area contributed by atoms with Gasteiger partial charge >= 0.3 is 5.91 Å². The molecule has 1 N–H and O–H groups in total. The van der Waals surface area contributed by atoms with Crippen LogP contribution in [-0.4, -0.2) is 36.0 Å². The van der Waals surface area contributed by atoms with Gasteiger partial charge in [-0.05, 0) is 32.0 Å². The third kappa shape index (κ3) is 3.52. The molecule has 0 aliphatic carbocycles. The average molecular weight is 451 g/mol. The summed E-state index contributed by atoms with van der Waals surface area (Å²) in [6.45, 7) is 3.75. The first-order valence-corrected chi connectivity index (χ1v) is 10.7. The molecule has 7 nitrogen and oxygen atoms in total. The number of amides is 1. The van der Waals surface area contributed by atoms with E-state index in [-0.39, 0.29) is 11.3 Å². The number of aliphatic hydroxyl groups excluding tert-OH is 1. The molecule has 3 aromatic rings. The van der Waals surface area contributed by atoms with E-state index in [1.807, 2.05) is 13.8 Å². The monoisotopic (exact) mass is 450 g/mol. The molecular formula is C24H22N2O5S. The molecule has 0 radical (unpaired) electrons. The van der Waals surface area contributed by atoms with Crippen LogP contribution in [0.3, 0.4) is 0 Å². The molecule has 164 valence electrons. The number of methoxy groups -OCH3 is 2. The number of hydrogen-bond acceptors (Lipinski definition) is 7. The largest absolute Gasteiger partial charge is 0.507 e. The van der Waals surface area contributed by atoms with Crippen molar-refractivity contribution in [3.63, 3.8) is 0 Å². The Balaban J connectivity index is 2.02. The van der Waals surface area contributed by atoms with Gasteiger partial charge in [-0.3, -0.25) is 14.5 Å². The van der Waals surface area contributed by atoms with Crippen LogP contribution in [0, 0.1) is 13.8 Å². The normalized spacial score (nSPS) is 17.6. The van der Waals surface area contributed by atoms with Crippen molar-refractivity contribution in [2.24, 2.45) is 0 Å². The van der Waals surface area contributed by atoms with Crippen LogP contribution in [0.25, 0.3) is 5.76 Å². The minimum absolute atomic E-state index is 0.0294. The van der Waals surface area contributed by atoms with Gasteiger partial charge < -0.3 is 14.6 Å². The summed E-state index contributed by atoms with van der Waals surface area (Å²) in [5.74, 6) is -0.826. The fourth-order valence-corrected chi connectivity index (χ4v) is 4.62. The van der Waals surface area contributed by atoms with Crippen LogP contribution in [-0.2, 0) is 9.59 Å². The van der Waals surface area contributed by atoms with Crippen molar-refractivity contribution in [3.05, 3.63) is 75.8 Å². The second-order valence-corrected chi connectivity index (χ2v) is 8.46. The quantitative estimate of drug-likeness (QED) is 0.352. The molecule has 0 spiro atoms. The van der Waals surface area contributed by atoms with Gasteiger partial charge in [-0.25, -0.2) is 4.98 Å². The smallest absolute Gasteiger partial charge is 0.301 e. The summed E-state index contributed by atoms with van der Waals surface area (Å²) >= 11 is 1.31. The summed E-state index contributed by atoms with van der Waals surface area (Å²) in [6.07, 6.45) is 0. The summed E-state index contributed by atoms with van der Waals surface area (Å²) in [5, 5.41) is 11.5. The highest BCUT2D eigenvalue weighted by atomic mass is 32.1. The highest BCUT2D eigenvalue weighted by Crippen LogP contribution is 2.46. The van der Waals surface area contributed by atoms with E-state index in [1.54, 1.807) is 48.5 Å². The third-order valence-corrected chi connectivity index (χ3v) is 6.52. The Hall–Kier alpha value is -3.65. The van der Waals surface area contributed by atoms with Crippen molar-refractivity contribution in [1.29, 1.82) is 0 Å². The minimum atomic E-state index is -0.940. The first-order chi connectivity index (χ1) is 15.4. The maximum absolute atomic E-state index is 13.2. The summed E-state index contributed by atoms with van der Waals surface area (Å²) in [5.41, 5.74) is 1.68. The number of ether oxygens (including phenoxy) is 2. The van der Waals surface area contributed by atoms with Crippen LogP contribution in [0.15, 0.2) is 54.1 Å². The molecule has 1 atom stereocenters. The molecule has 1 amide bonds. The maximum Gasteiger partial charge on any atom is 0.301 e. The molecule has 2 heterocycles. The van der Waals surface area contributed by atoms with Crippen LogP contribution < -0.4 is 14.4 Å². The van der Waals surface area contributed by atoms with Gasteiger partial charge in [0.2, 0.25) is 0 Å². The fourth-order valence-electron chi connectivity index (χ4n) is 3.69. The number of carbonyl (C=O) groups is 2. The van der Waals surface area contributed by atoms with Crippen LogP contribution >= 0.6 is 11.3 Å². The van der Waals surface area contributed by atoms with Gasteiger partial charge in [0.25, 0.3) is 5.78 Å². The lowest BCUT2D eigenvalue weighted by Gasteiger charge is -2.25. The summed E-state index contributed by atoms with van der Waals surface area (Å²) in [7, 11) is 3.03. The number of ketones is 1. The molecule has 1 fully saturated rings. The molecule has 4 rings (SSSR count). The number of Topliss-reactive ketones (excluding diaryl/α,β-unsaturated/α-hetero) is 1. The standard InChI is InChI=1S/C24H22N2O5S/c1-13-14(2)32-24(25-13)26-20(17-12-16(30-3)10-11-18(17)31-4)19(22(28)23(26)29)21(27)15-8-6-5-7-9-15/h5-12,20,27H,1-4H3/t20-/m0/s1.